The number of ether oxygens (including phenoxy) is 2. The quantitative estimate of drug-likeness (QED) is 0.679. The Morgan fingerprint density at radius 2 is 1.80 bits per heavy atom. The number of aryl methyl sites for hydroxylation is 1. The standard InChI is InChI=1S/C21H21NO3/c1-4-25-21(23)20-18(16-7-5-6-14(2)12-16)13-19(22-20)15-8-10-17(24-3)11-9-15/h5-13,22H,4H2,1-3H3. The van der Waals surface area contributed by atoms with Crippen molar-refractivity contribution in [2.45, 2.75) is 13.8 Å². The third kappa shape index (κ3) is 3.58. The van der Waals surface area contributed by atoms with Crippen LogP contribution in [0.4, 0.5) is 0 Å². The Labute approximate surface area is 147 Å². The zero-order valence-corrected chi connectivity index (χ0v) is 14.6. The van der Waals surface area contributed by atoms with E-state index in [4.69, 9.17) is 9.47 Å². The second-order valence-electron chi connectivity index (χ2n) is 5.79. The van der Waals surface area contributed by atoms with Gasteiger partial charge in [-0.1, -0.05) is 29.8 Å². The van der Waals surface area contributed by atoms with Gasteiger partial charge in [-0.05, 0) is 55.3 Å². The molecule has 0 saturated carbocycles. The first-order valence-corrected chi connectivity index (χ1v) is 8.24. The van der Waals surface area contributed by atoms with Crippen LogP contribution in [0.3, 0.4) is 0 Å². The van der Waals surface area contributed by atoms with Crippen LogP contribution in [0.5, 0.6) is 5.75 Å². The van der Waals surface area contributed by atoms with Crippen molar-refractivity contribution in [3.63, 3.8) is 0 Å². The highest BCUT2D eigenvalue weighted by Crippen LogP contribution is 2.31. The first-order valence-electron chi connectivity index (χ1n) is 8.24. The molecule has 0 atom stereocenters. The predicted molar refractivity (Wildman–Crippen MR) is 98.9 cm³/mol. The van der Waals surface area contributed by atoms with E-state index >= 15 is 0 Å². The highest BCUT2D eigenvalue weighted by atomic mass is 16.5. The van der Waals surface area contributed by atoms with Crippen LogP contribution in [-0.4, -0.2) is 24.7 Å². The lowest BCUT2D eigenvalue weighted by molar-refractivity contribution is 0.0521. The fraction of sp³-hybridized carbons (Fsp3) is 0.190. The number of aromatic nitrogens is 1. The van der Waals surface area contributed by atoms with Gasteiger partial charge in [-0.3, -0.25) is 0 Å². The summed E-state index contributed by atoms with van der Waals surface area (Å²) in [7, 11) is 1.64. The summed E-state index contributed by atoms with van der Waals surface area (Å²) < 4.78 is 10.4. The summed E-state index contributed by atoms with van der Waals surface area (Å²) in [6, 6.07) is 17.8. The maximum Gasteiger partial charge on any atom is 0.355 e. The molecule has 1 heterocycles. The number of aromatic amines is 1. The normalized spacial score (nSPS) is 10.5. The summed E-state index contributed by atoms with van der Waals surface area (Å²) in [4.78, 5) is 15.6. The van der Waals surface area contributed by atoms with Crippen LogP contribution in [0, 0.1) is 6.92 Å². The van der Waals surface area contributed by atoms with E-state index < -0.39 is 0 Å². The van der Waals surface area contributed by atoms with E-state index in [1.165, 1.54) is 0 Å². The number of methoxy groups -OCH3 is 1. The Morgan fingerprint density at radius 1 is 1.04 bits per heavy atom. The Kier molecular flexibility index (Phi) is 4.89. The molecule has 1 N–H and O–H groups in total. The SMILES string of the molecule is CCOC(=O)c1[nH]c(-c2ccc(OC)cc2)cc1-c1cccc(C)c1. The minimum Gasteiger partial charge on any atom is -0.497 e. The average Bonchev–Trinajstić information content (AvgIpc) is 3.07. The van der Waals surface area contributed by atoms with Gasteiger partial charge in [0.15, 0.2) is 0 Å². The van der Waals surface area contributed by atoms with Gasteiger partial charge in [-0.25, -0.2) is 4.79 Å². The number of esters is 1. The minimum atomic E-state index is -0.348. The molecule has 0 aliphatic rings. The molecule has 128 valence electrons. The largest absolute Gasteiger partial charge is 0.497 e. The molecule has 0 bridgehead atoms. The molecule has 0 amide bonds. The van der Waals surface area contributed by atoms with Gasteiger partial charge in [0.2, 0.25) is 0 Å². The summed E-state index contributed by atoms with van der Waals surface area (Å²) >= 11 is 0. The summed E-state index contributed by atoms with van der Waals surface area (Å²) in [5.74, 6) is 0.443. The van der Waals surface area contributed by atoms with Crippen LogP contribution in [-0.2, 0) is 4.74 Å². The third-order valence-corrected chi connectivity index (χ3v) is 4.03. The number of rotatable bonds is 5. The zero-order chi connectivity index (χ0) is 17.8. The van der Waals surface area contributed by atoms with Gasteiger partial charge >= 0.3 is 5.97 Å². The molecule has 4 heteroatoms. The van der Waals surface area contributed by atoms with Crippen molar-refractivity contribution in [2.75, 3.05) is 13.7 Å². The molecular weight excluding hydrogens is 314 g/mol. The van der Waals surface area contributed by atoms with Gasteiger partial charge < -0.3 is 14.5 Å². The molecule has 1 aromatic heterocycles. The topological polar surface area (TPSA) is 51.3 Å². The number of hydrogen-bond donors (Lipinski definition) is 1. The van der Waals surface area contributed by atoms with E-state index in [0.29, 0.717) is 12.3 Å². The predicted octanol–water partition coefficient (Wildman–Crippen LogP) is 4.84. The zero-order valence-electron chi connectivity index (χ0n) is 14.6. The lowest BCUT2D eigenvalue weighted by Gasteiger charge is -2.04. The second-order valence-corrected chi connectivity index (χ2v) is 5.79. The van der Waals surface area contributed by atoms with E-state index in [0.717, 1.165) is 33.7 Å². The monoisotopic (exact) mass is 335 g/mol. The van der Waals surface area contributed by atoms with Gasteiger partial charge in [0.1, 0.15) is 11.4 Å². The number of carbonyl (C=O) groups excluding carboxylic acids is 1. The number of hydrogen-bond acceptors (Lipinski definition) is 3. The molecule has 3 rings (SSSR count). The van der Waals surface area contributed by atoms with E-state index in [-0.39, 0.29) is 5.97 Å². The molecule has 3 aromatic rings. The smallest absolute Gasteiger partial charge is 0.355 e. The van der Waals surface area contributed by atoms with Crippen molar-refractivity contribution in [1.29, 1.82) is 0 Å². The van der Waals surface area contributed by atoms with Crippen molar-refractivity contribution in [3.05, 3.63) is 65.9 Å². The fourth-order valence-electron chi connectivity index (χ4n) is 2.79. The number of H-pyrrole nitrogens is 1. The number of carbonyl (C=O) groups is 1. The minimum absolute atomic E-state index is 0.336. The van der Waals surface area contributed by atoms with Crippen LogP contribution < -0.4 is 4.74 Å². The second kappa shape index (κ2) is 7.26. The van der Waals surface area contributed by atoms with Crippen LogP contribution in [0.1, 0.15) is 23.0 Å². The van der Waals surface area contributed by atoms with Gasteiger partial charge in [0.05, 0.1) is 13.7 Å². The Morgan fingerprint density at radius 3 is 2.44 bits per heavy atom. The molecule has 0 saturated heterocycles. The van der Waals surface area contributed by atoms with Crippen LogP contribution >= 0.6 is 0 Å². The van der Waals surface area contributed by atoms with Crippen molar-refractivity contribution >= 4 is 5.97 Å². The Balaban J connectivity index is 2.09. The van der Waals surface area contributed by atoms with Crippen LogP contribution in [0.15, 0.2) is 54.6 Å². The van der Waals surface area contributed by atoms with Gasteiger partial charge in [0, 0.05) is 11.3 Å². The van der Waals surface area contributed by atoms with Crippen LogP contribution in [0.2, 0.25) is 0 Å². The molecule has 25 heavy (non-hydrogen) atoms. The molecule has 0 unspecified atom stereocenters. The van der Waals surface area contributed by atoms with Crippen molar-refractivity contribution < 1.29 is 14.3 Å². The highest BCUT2D eigenvalue weighted by Gasteiger charge is 2.18. The van der Waals surface area contributed by atoms with E-state index in [1.54, 1.807) is 14.0 Å². The maximum absolute atomic E-state index is 12.4. The molecule has 0 radical (unpaired) electrons. The lowest BCUT2D eigenvalue weighted by atomic mass is 10.0. The molecule has 0 aliphatic carbocycles. The Hall–Kier alpha value is -3.01. The molecule has 0 spiro atoms. The third-order valence-electron chi connectivity index (χ3n) is 4.03. The molecular formula is C21H21NO3. The first kappa shape index (κ1) is 16.8. The molecule has 2 aromatic carbocycles. The van der Waals surface area contributed by atoms with Crippen LogP contribution in [0.25, 0.3) is 22.4 Å². The first-order chi connectivity index (χ1) is 12.1. The van der Waals surface area contributed by atoms with E-state index in [9.17, 15) is 4.79 Å². The summed E-state index contributed by atoms with van der Waals surface area (Å²) in [5, 5.41) is 0. The van der Waals surface area contributed by atoms with Gasteiger partial charge in [-0.15, -0.1) is 0 Å². The average molecular weight is 335 g/mol. The molecule has 0 fully saturated rings. The fourth-order valence-corrected chi connectivity index (χ4v) is 2.79. The number of benzene rings is 2. The van der Waals surface area contributed by atoms with Crippen molar-refractivity contribution in [1.82, 2.24) is 4.98 Å². The van der Waals surface area contributed by atoms with E-state index in [1.807, 2.05) is 55.5 Å². The number of nitrogens with one attached hydrogen (secondary N) is 1. The summed E-state index contributed by atoms with van der Waals surface area (Å²) in [5.41, 5.74) is 5.28. The lowest BCUT2D eigenvalue weighted by Crippen LogP contribution is -2.06. The van der Waals surface area contributed by atoms with Crippen molar-refractivity contribution in [2.24, 2.45) is 0 Å². The molecule has 0 aliphatic heterocycles. The highest BCUT2D eigenvalue weighted by molar-refractivity contribution is 5.97. The van der Waals surface area contributed by atoms with E-state index in [2.05, 4.69) is 11.1 Å². The van der Waals surface area contributed by atoms with Crippen molar-refractivity contribution in [3.8, 4) is 28.1 Å². The van der Waals surface area contributed by atoms with Gasteiger partial charge in [0.25, 0.3) is 0 Å². The summed E-state index contributed by atoms with van der Waals surface area (Å²) in [6.45, 7) is 4.17. The van der Waals surface area contributed by atoms with Gasteiger partial charge in [-0.2, -0.15) is 0 Å². The molecule has 4 nitrogen and oxygen atoms in total. The Bertz CT molecular complexity index is 878. The maximum atomic E-state index is 12.4. The summed E-state index contributed by atoms with van der Waals surface area (Å²) in [6.07, 6.45) is 0.